The van der Waals surface area contributed by atoms with Gasteiger partial charge in [0, 0.05) is 31.7 Å². The molecule has 0 bridgehead atoms. The van der Waals surface area contributed by atoms with Crippen LogP contribution in [0.15, 0.2) is 36.4 Å². The molecule has 34 heavy (non-hydrogen) atoms. The van der Waals surface area contributed by atoms with E-state index in [1.54, 1.807) is 13.0 Å². The molecule has 2 aromatic heterocycles. The Morgan fingerprint density at radius 1 is 1.24 bits per heavy atom. The number of H-pyrrole nitrogens is 1. The summed E-state index contributed by atoms with van der Waals surface area (Å²) in [5.41, 5.74) is 1.76. The van der Waals surface area contributed by atoms with Gasteiger partial charge in [0.2, 0.25) is 11.8 Å². The van der Waals surface area contributed by atoms with Crippen molar-refractivity contribution in [1.29, 1.82) is 0 Å². The highest BCUT2D eigenvalue weighted by Gasteiger charge is 2.51. The fourth-order valence-corrected chi connectivity index (χ4v) is 4.34. The van der Waals surface area contributed by atoms with Crippen LogP contribution >= 0.6 is 0 Å². The van der Waals surface area contributed by atoms with Gasteiger partial charge >= 0.3 is 6.61 Å². The maximum Gasteiger partial charge on any atom is 0.388 e. The molecule has 0 saturated carbocycles. The van der Waals surface area contributed by atoms with Crippen LogP contribution in [0.25, 0.3) is 0 Å². The second-order valence-corrected chi connectivity index (χ2v) is 8.77. The highest BCUT2D eigenvalue weighted by Crippen LogP contribution is 2.40. The molecule has 0 unspecified atom stereocenters. The number of hydrogen-bond donors (Lipinski definition) is 2. The number of anilines is 1. The number of aryl methyl sites for hydroxylation is 1. The first kappa shape index (κ1) is 23.7. The van der Waals surface area contributed by atoms with E-state index in [-0.39, 0.29) is 23.4 Å². The Bertz CT molecular complexity index is 1130. The van der Waals surface area contributed by atoms with Gasteiger partial charge in [-0.1, -0.05) is 38.1 Å². The maximum absolute atomic E-state index is 13.7. The zero-order valence-corrected chi connectivity index (χ0v) is 19.3. The quantitative estimate of drug-likeness (QED) is 0.494. The molecule has 3 aromatic rings. The van der Waals surface area contributed by atoms with Crippen LogP contribution in [0, 0.1) is 6.92 Å². The number of nitrogens with zero attached hydrogens (tertiary/aromatic N) is 5. The number of benzene rings is 1. The van der Waals surface area contributed by atoms with Crippen molar-refractivity contribution >= 4 is 11.6 Å². The summed E-state index contributed by atoms with van der Waals surface area (Å²) < 4.78 is 30.5. The Morgan fingerprint density at radius 3 is 2.68 bits per heavy atom. The number of hydrogen-bond acceptors (Lipinski definition) is 7. The topological polar surface area (TPSA) is 109 Å². The number of rotatable bonds is 9. The van der Waals surface area contributed by atoms with Crippen molar-refractivity contribution in [2.24, 2.45) is 0 Å². The number of carbonyl (C=O) groups excluding carboxylic acids is 1. The van der Waals surface area contributed by atoms with Crippen LogP contribution in [0.2, 0.25) is 0 Å². The van der Waals surface area contributed by atoms with Crippen LogP contribution in [0.1, 0.15) is 42.4 Å². The van der Waals surface area contributed by atoms with E-state index in [4.69, 9.17) is 0 Å². The first-order valence-corrected chi connectivity index (χ1v) is 11.1. The number of nitrogens with one attached hydrogen (secondary N) is 2. The number of halogens is 2. The summed E-state index contributed by atoms with van der Waals surface area (Å²) in [7, 11) is 0. The molecular weight excluding hydrogens is 444 g/mol. The van der Waals surface area contributed by atoms with Gasteiger partial charge in [-0.05, 0) is 46.5 Å². The lowest BCUT2D eigenvalue weighted by Crippen LogP contribution is -2.65. The minimum absolute atomic E-state index is 0.114. The SMILES string of the molecule is Cc1ccc(NC(=O)C2(c3ccccc3C(C)C)CN(CCc3nnn[nH]3)C2)c(OC(F)F)n1. The Balaban J connectivity index is 1.61. The van der Waals surface area contributed by atoms with Gasteiger partial charge in [-0.2, -0.15) is 8.78 Å². The van der Waals surface area contributed by atoms with Crippen molar-refractivity contribution in [2.75, 3.05) is 25.0 Å². The van der Waals surface area contributed by atoms with E-state index in [0.29, 0.717) is 37.6 Å². The summed E-state index contributed by atoms with van der Waals surface area (Å²) in [6.07, 6.45) is 0.616. The number of tetrazole rings is 1. The number of carbonyl (C=O) groups is 1. The summed E-state index contributed by atoms with van der Waals surface area (Å²) >= 11 is 0. The third-order valence-electron chi connectivity index (χ3n) is 6.02. The molecule has 0 spiro atoms. The smallest absolute Gasteiger partial charge is 0.388 e. The zero-order valence-electron chi connectivity index (χ0n) is 19.3. The first-order valence-electron chi connectivity index (χ1n) is 11.1. The Hall–Kier alpha value is -3.47. The average Bonchev–Trinajstić information content (AvgIpc) is 3.28. The van der Waals surface area contributed by atoms with Gasteiger partial charge in [0.25, 0.3) is 0 Å². The van der Waals surface area contributed by atoms with Crippen LogP contribution in [0.4, 0.5) is 14.5 Å². The van der Waals surface area contributed by atoms with Gasteiger partial charge in [-0.25, -0.2) is 10.1 Å². The lowest BCUT2D eigenvalue weighted by Gasteiger charge is -2.50. The second-order valence-electron chi connectivity index (χ2n) is 8.77. The third kappa shape index (κ3) is 4.89. The Kier molecular flexibility index (Phi) is 6.82. The fraction of sp³-hybridized carbons (Fsp3) is 0.435. The predicted molar refractivity (Wildman–Crippen MR) is 121 cm³/mol. The van der Waals surface area contributed by atoms with Crippen molar-refractivity contribution in [3.8, 4) is 5.88 Å². The number of amides is 1. The Labute approximate surface area is 195 Å². The van der Waals surface area contributed by atoms with Crippen LogP contribution in [0.3, 0.4) is 0 Å². The van der Waals surface area contributed by atoms with Crippen molar-refractivity contribution < 1.29 is 18.3 Å². The number of aromatic nitrogens is 5. The molecule has 9 nitrogen and oxygen atoms in total. The van der Waals surface area contributed by atoms with Crippen molar-refractivity contribution in [3.63, 3.8) is 0 Å². The van der Waals surface area contributed by atoms with E-state index in [1.165, 1.54) is 6.07 Å². The van der Waals surface area contributed by atoms with E-state index in [2.05, 4.69) is 54.4 Å². The molecule has 0 radical (unpaired) electrons. The number of likely N-dealkylation sites (tertiary alicyclic amines) is 1. The third-order valence-corrected chi connectivity index (χ3v) is 6.02. The second kappa shape index (κ2) is 9.80. The molecule has 4 rings (SSSR count). The molecular formula is C23H27F2N7O2. The minimum atomic E-state index is -3.05. The fourth-order valence-electron chi connectivity index (χ4n) is 4.34. The van der Waals surface area contributed by atoms with Crippen LogP contribution in [0.5, 0.6) is 5.88 Å². The molecule has 0 aliphatic carbocycles. The maximum atomic E-state index is 13.7. The first-order chi connectivity index (χ1) is 16.3. The molecule has 3 heterocycles. The normalized spacial score (nSPS) is 15.4. The van der Waals surface area contributed by atoms with Crippen LogP contribution in [-0.2, 0) is 16.6 Å². The van der Waals surface area contributed by atoms with E-state index < -0.39 is 12.0 Å². The summed E-state index contributed by atoms with van der Waals surface area (Å²) in [6, 6.07) is 11.0. The highest BCUT2D eigenvalue weighted by atomic mass is 19.3. The van der Waals surface area contributed by atoms with Crippen molar-refractivity contribution in [2.45, 2.75) is 45.1 Å². The number of pyridine rings is 1. The molecule has 1 aliphatic rings. The van der Waals surface area contributed by atoms with Gasteiger partial charge in [0.1, 0.15) is 11.5 Å². The molecule has 1 fully saturated rings. The molecule has 180 valence electrons. The van der Waals surface area contributed by atoms with Gasteiger partial charge in [-0.3, -0.25) is 9.69 Å². The number of aromatic amines is 1. The number of ether oxygens (including phenoxy) is 1. The minimum Gasteiger partial charge on any atom is -0.415 e. The molecule has 2 N–H and O–H groups in total. The molecule has 0 atom stereocenters. The summed E-state index contributed by atoms with van der Waals surface area (Å²) in [5, 5.41) is 16.6. The monoisotopic (exact) mass is 471 g/mol. The lowest BCUT2D eigenvalue weighted by atomic mass is 9.69. The highest BCUT2D eigenvalue weighted by molar-refractivity contribution is 6.01. The van der Waals surface area contributed by atoms with Gasteiger partial charge in [0.05, 0.1) is 5.41 Å². The van der Waals surface area contributed by atoms with Gasteiger partial charge < -0.3 is 10.1 Å². The van der Waals surface area contributed by atoms with E-state index in [1.807, 2.05) is 24.3 Å². The molecule has 11 heteroatoms. The van der Waals surface area contributed by atoms with Crippen molar-refractivity contribution in [1.82, 2.24) is 30.5 Å². The molecule has 1 aliphatic heterocycles. The summed E-state index contributed by atoms with van der Waals surface area (Å²) in [4.78, 5) is 19.9. The van der Waals surface area contributed by atoms with E-state index >= 15 is 0 Å². The Morgan fingerprint density at radius 2 is 2.00 bits per heavy atom. The van der Waals surface area contributed by atoms with E-state index in [0.717, 1.165) is 11.1 Å². The zero-order chi connectivity index (χ0) is 24.3. The predicted octanol–water partition coefficient (Wildman–Crippen LogP) is 3.06. The standard InChI is InChI=1S/C23H27F2N7O2/c1-14(2)16-6-4-5-7-17(16)23(12-32(13-23)11-10-19-28-30-31-29-19)21(33)27-18-9-8-15(3)26-20(18)34-22(24)25/h4-9,14,22H,10-13H2,1-3H3,(H,27,33)(H,28,29,30,31). The van der Waals surface area contributed by atoms with Crippen LogP contribution in [-0.4, -0.2) is 62.7 Å². The van der Waals surface area contributed by atoms with Crippen LogP contribution < -0.4 is 10.1 Å². The largest absolute Gasteiger partial charge is 0.415 e. The lowest BCUT2D eigenvalue weighted by molar-refractivity contribution is -0.128. The van der Waals surface area contributed by atoms with E-state index in [9.17, 15) is 13.6 Å². The average molecular weight is 472 g/mol. The summed E-state index contributed by atoms with van der Waals surface area (Å²) in [5.74, 6) is 0.283. The van der Waals surface area contributed by atoms with Crippen molar-refractivity contribution in [3.05, 3.63) is 59.0 Å². The van der Waals surface area contributed by atoms with Gasteiger partial charge in [-0.15, -0.1) is 5.10 Å². The summed E-state index contributed by atoms with van der Waals surface area (Å²) in [6.45, 7) is 4.38. The number of alkyl halides is 2. The molecule has 1 amide bonds. The van der Waals surface area contributed by atoms with Gasteiger partial charge in [0.15, 0.2) is 0 Å². The molecule has 1 saturated heterocycles. The molecule has 1 aromatic carbocycles.